The fraction of sp³-hybridized carbons (Fsp3) is 0.423. The first-order valence-corrected chi connectivity index (χ1v) is 11.9. The van der Waals surface area contributed by atoms with E-state index < -0.39 is 0 Å². The lowest BCUT2D eigenvalue weighted by atomic mass is 10.0. The summed E-state index contributed by atoms with van der Waals surface area (Å²) in [5.74, 6) is 1.79. The standard InChI is InChI=1S/C26H33Cl2NO3/c1-4-21-18-24(30-17-14-25(27)28)19-22(5-2)26(21)31-15-10-7-11-16-32-29-20(3)23-12-8-6-9-13-23/h6,8-9,12-14,18-19H,4-5,7,10-11,15-17H2,1-3H3. The average Bonchev–Trinajstić information content (AvgIpc) is 2.81. The van der Waals surface area contributed by atoms with Crippen LogP contribution >= 0.6 is 23.2 Å². The highest BCUT2D eigenvalue weighted by Gasteiger charge is 2.11. The van der Waals surface area contributed by atoms with Gasteiger partial charge in [0.2, 0.25) is 0 Å². The Bertz CT molecular complexity index is 853. The normalized spacial score (nSPS) is 11.2. The van der Waals surface area contributed by atoms with E-state index in [4.69, 9.17) is 37.5 Å². The van der Waals surface area contributed by atoms with Gasteiger partial charge in [0.15, 0.2) is 0 Å². The average molecular weight is 478 g/mol. The number of hydrogen-bond donors (Lipinski definition) is 0. The first-order chi connectivity index (χ1) is 15.5. The molecular formula is C26H33Cl2NO3. The van der Waals surface area contributed by atoms with E-state index in [1.165, 1.54) is 0 Å². The van der Waals surface area contributed by atoms with Crippen LogP contribution in [0.25, 0.3) is 0 Å². The van der Waals surface area contributed by atoms with Crippen molar-refractivity contribution in [3.8, 4) is 11.5 Å². The van der Waals surface area contributed by atoms with Gasteiger partial charge < -0.3 is 14.3 Å². The van der Waals surface area contributed by atoms with Gasteiger partial charge >= 0.3 is 0 Å². The minimum absolute atomic E-state index is 0.208. The molecule has 0 unspecified atom stereocenters. The van der Waals surface area contributed by atoms with E-state index in [0.29, 0.717) is 19.8 Å². The van der Waals surface area contributed by atoms with Gasteiger partial charge in [0.05, 0.1) is 12.3 Å². The Hall–Kier alpha value is -2.17. The lowest BCUT2D eigenvalue weighted by Crippen LogP contribution is -2.05. The highest BCUT2D eigenvalue weighted by atomic mass is 35.5. The predicted octanol–water partition coefficient (Wildman–Crippen LogP) is 7.50. The first-order valence-electron chi connectivity index (χ1n) is 11.2. The zero-order chi connectivity index (χ0) is 23.2. The van der Waals surface area contributed by atoms with E-state index in [9.17, 15) is 0 Å². The second-order valence-corrected chi connectivity index (χ2v) is 8.38. The maximum absolute atomic E-state index is 6.17. The Balaban J connectivity index is 1.76. The zero-order valence-electron chi connectivity index (χ0n) is 19.2. The van der Waals surface area contributed by atoms with E-state index in [2.05, 4.69) is 19.0 Å². The number of hydrogen-bond acceptors (Lipinski definition) is 4. The van der Waals surface area contributed by atoms with Crippen molar-refractivity contribution in [3.63, 3.8) is 0 Å². The van der Waals surface area contributed by atoms with Crippen LogP contribution in [0.1, 0.15) is 56.7 Å². The van der Waals surface area contributed by atoms with Crippen molar-refractivity contribution in [2.75, 3.05) is 19.8 Å². The van der Waals surface area contributed by atoms with Crippen LogP contribution in [0.2, 0.25) is 0 Å². The maximum atomic E-state index is 6.17. The van der Waals surface area contributed by atoms with Crippen molar-refractivity contribution in [1.82, 2.24) is 0 Å². The van der Waals surface area contributed by atoms with E-state index in [0.717, 1.165) is 66.0 Å². The summed E-state index contributed by atoms with van der Waals surface area (Å²) in [7, 11) is 0. The quantitative estimate of drug-likeness (QED) is 0.160. The van der Waals surface area contributed by atoms with Gasteiger partial charge in [0, 0.05) is 0 Å². The fourth-order valence-corrected chi connectivity index (χ4v) is 3.34. The summed E-state index contributed by atoms with van der Waals surface area (Å²) in [5, 5.41) is 4.20. The summed E-state index contributed by atoms with van der Waals surface area (Å²) in [6, 6.07) is 14.1. The van der Waals surface area contributed by atoms with Gasteiger partial charge in [-0.25, -0.2) is 0 Å². The number of ether oxygens (including phenoxy) is 2. The zero-order valence-corrected chi connectivity index (χ0v) is 20.7. The second kappa shape index (κ2) is 14.8. The number of nitrogens with zero attached hydrogens (tertiary/aromatic N) is 1. The van der Waals surface area contributed by atoms with Gasteiger partial charge in [-0.05, 0) is 73.9 Å². The SMILES string of the molecule is CCc1cc(OCC=C(Cl)Cl)cc(CC)c1OCCCCCON=C(C)c1ccccc1. The number of unbranched alkanes of at least 4 members (excludes halogenated alkanes) is 2. The fourth-order valence-electron chi connectivity index (χ4n) is 3.21. The van der Waals surface area contributed by atoms with Crippen LogP contribution in [-0.4, -0.2) is 25.5 Å². The molecule has 0 N–H and O–H groups in total. The molecule has 0 aromatic heterocycles. The minimum atomic E-state index is 0.208. The van der Waals surface area contributed by atoms with E-state index in [1.807, 2.05) is 49.4 Å². The number of benzene rings is 2. The molecule has 0 saturated carbocycles. The monoisotopic (exact) mass is 477 g/mol. The molecule has 0 aliphatic carbocycles. The molecule has 0 heterocycles. The van der Waals surface area contributed by atoms with Crippen LogP contribution in [0.15, 0.2) is 58.2 Å². The molecule has 0 aliphatic rings. The van der Waals surface area contributed by atoms with Gasteiger partial charge in [-0.1, -0.05) is 72.5 Å². The summed E-state index contributed by atoms with van der Waals surface area (Å²) in [4.78, 5) is 5.46. The lowest BCUT2D eigenvalue weighted by molar-refractivity contribution is 0.138. The van der Waals surface area contributed by atoms with E-state index >= 15 is 0 Å². The molecule has 2 aromatic rings. The number of aryl methyl sites for hydroxylation is 2. The maximum Gasteiger partial charge on any atom is 0.125 e. The Morgan fingerprint density at radius 1 is 0.906 bits per heavy atom. The van der Waals surface area contributed by atoms with Crippen molar-refractivity contribution in [1.29, 1.82) is 0 Å². The molecule has 0 saturated heterocycles. The van der Waals surface area contributed by atoms with Gasteiger partial charge in [-0.15, -0.1) is 0 Å². The molecule has 0 fully saturated rings. The molecule has 0 bridgehead atoms. The highest BCUT2D eigenvalue weighted by molar-refractivity contribution is 6.55. The molecule has 0 amide bonds. The Labute approximate surface area is 202 Å². The molecule has 6 heteroatoms. The van der Waals surface area contributed by atoms with Gasteiger partial charge in [0.25, 0.3) is 0 Å². The smallest absolute Gasteiger partial charge is 0.125 e. The predicted molar refractivity (Wildman–Crippen MR) is 134 cm³/mol. The molecule has 174 valence electrons. The molecule has 2 rings (SSSR count). The summed E-state index contributed by atoms with van der Waals surface area (Å²) < 4.78 is 12.1. The van der Waals surface area contributed by atoms with E-state index in [1.54, 1.807) is 6.08 Å². The van der Waals surface area contributed by atoms with Crippen molar-refractivity contribution in [2.24, 2.45) is 5.16 Å². The summed E-state index contributed by atoms with van der Waals surface area (Å²) in [5.41, 5.74) is 4.26. The summed E-state index contributed by atoms with van der Waals surface area (Å²) in [6.07, 6.45) is 6.31. The summed E-state index contributed by atoms with van der Waals surface area (Å²) in [6.45, 7) is 7.83. The summed E-state index contributed by atoms with van der Waals surface area (Å²) >= 11 is 11.3. The molecule has 0 radical (unpaired) electrons. The Kier molecular flexibility index (Phi) is 12.1. The third-order valence-corrected chi connectivity index (χ3v) is 5.29. The third-order valence-electron chi connectivity index (χ3n) is 4.99. The van der Waals surface area contributed by atoms with Crippen LogP contribution < -0.4 is 9.47 Å². The molecular weight excluding hydrogens is 445 g/mol. The molecule has 4 nitrogen and oxygen atoms in total. The van der Waals surface area contributed by atoms with Crippen LogP contribution in [0.5, 0.6) is 11.5 Å². The minimum Gasteiger partial charge on any atom is -0.493 e. The van der Waals surface area contributed by atoms with Crippen molar-refractivity contribution in [3.05, 3.63) is 69.7 Å². The van der Waals surface area contributed by atoms with Crippen molar-refractivity contribution < 1.29 is 14.3 Å². The number of halogens is 2. The molecule has 2 aromatic carbocycles. The number of rotatable bonds is 14. The van der Waals surface area contributed by atoms with E-state index in [-0.39, 0.29) is 4.49 Å². The lowest BCUT2D eigenvalue weighted by Gasteiger charge is -2.17. The van der Waals surface area contributed by atoms with Crippen LogP contribution in [0.3, 0.4) is 0 Å². The topological polar surface area (TPSA) is 40.0 Å². The molecule has 0 atom stereocenters. The van der Waals surface area contributed by atoms with Gasteiger partial charge in [0.1, 0.15) is 29.2 Å². The third kappa shape index (κ3) is 9.13. The second-order valence-electron chi connectivity index (χ2n) is 7.37. The number of oxime groups is 1. The Morgan fingerprint density at radius 2 is 1.56 bits per heavy atom. The van der Waals surface area contributed by atoms with Gasteiger partial charge in [-0.3, -0.25) is 0 Å². The largest absolute Gasteiger partial charge is 0.493 e. The molecule has 0 aliphatic heterocycles. The highest BCUT2D eigenvalue weighted by Crippen LogP contribution is 2.31. The van der Waals surface area contributed by atoms with Gasteiger partial charge in [-0.2, -0.15) is 0 Å². The molecule has 0 spiro atoms. The first kappa shape index (κ1) is 26.1. The van der Waals surface area contributed by atoms with Crippen LogP contribution in [-0.2, 0) is 17.7 Å². The van der Waals surface area contributed by atoms with Crippen molar-refractivity contribution >= 4 is 28.9 Å². The van der Waals surface area contributed by atoms with Crippen LogP contribution in [0, 0.1) is 0 Å². The molecule has 32 heavy (non-hydrogen) atoms. The van der Waals surface area contributed by atoms with Crippen molar-refractivity contribution in [2.45, 2.75) is 52.9 Å². The Morgan fingerprint density at radius 3 is 2.19 bits per heavy atom. The van der Waals surface area contributed by atoms with Crippen LogP contribution in [0.4, 0.5) is 0 Å².